The minimum absolute atomic E-state index is 0.896. The molecule has 2 heteroatoms. The van der Waals surface area contributed by atoms with E-state index in [1.54, 1.807) is 0 Å². The van der Waals surface area contributed by atoms with Gasteiger partial charge < -0.3 is 3.07 Å². The first-order valence-electron chi connectivity index (χ1n) is 3.27. The minimum Gasteiger partial charge on any atom is -0.428 e. The van der Waals surface area contributed by atoms with Crippen molar-refractivity contribution in [3.63, 3.8) is 0 Å². The molecule has 10 heavy (non-hydrogen) atoms. The topological polar surface area (TPSA) is 9.23 Å². The van der Waals surface area contributed by atoms with Crippen molar-refractivity contribution in [1.29, 1.82) is 0 Å². The zero-order valence-electron chi connectivity index (χ0n) is 6.17. The summed E-state index contributed by atoms with van der Waals surface area (Å²) in [6, 6.07) is 9.65. The lowest BCUT2D eigenvalue weighted by molar-refractivity contribution is 0.717. The number of hydrogen-bond acceptors (Lipinski definition) is 1. The molecule has 1 aromatic rings. The highest BCUT2D eigenvalue weighted by molar-refractivity contribution is 14.1. The SMILES string of the molecule is CC.IOc1ccccc1. The van der Waals surface area contributed by atoms with Crippen molar-refractivity contribution in [1.82, 2.24) is 0 Å². The molecule has 1 nitrogen and oxygen atoms in total. The molecular weight excluding hydrogens is 239 g/mol. The third kappa shape index (κ3) is 3.71. The molecule has 0 aliphatic heterocycles. The molecule has 0 aliphatic carbocycles. The van der Waals surface area contributed by atoms with Gasteiger partial charge in [-0.25, -0.2) is 0 Å². The highest BCUT2D eigenvalue weighted by atomic mass is 127. The third-order valence-electron chi connectivity index (χ3n) is 0.832. The van der Waals surface area contributed by atoms with E-state index >= 15 is 0 Å². The second kappa shape index (κ2) is 6.86. The molecule has 0 atom stereocenters. The van der Waals surface area contributed by atoms with Crippen molar-refractivity contribution in [2.24, 2.45) is 0 Å². The van der Waals surface area contributed by atoms with Gasteiger partial charge in [0.05, 0.1) is 0 Å². The van der Waals surface area contributed by atoms with Crippen LogP contribution in [-0.4, -0.2) is 0 Å². The van der Waals surface area contributed by atoms with Gasteiger partial charge in [0.25, 0.3) is 0 Å². The van der Waals surface area contributed by atoms with E-state index in [1.807, 2.05) is 67.2 Å². The Labute approximate surface area is 76.1 Å². The van der Waals surface area contributed by atoms with Gasteiger partial charge in [-0.15, -0.1) is 0 Å². The second-order valence-electron chi connectivity index (χ2n) is 1.39. The lowest BCUT2D eigenvalue weighted by atomic mass is 10.3. The predicted octanol–water partition coefficient (Wildman–Crippen LogP) is 3.44. The van der Waals surface area contributed by atoms with Gasteiger partial charge in [0.15, 0.2) is 23.0 Å². The maximum Gasteiger partial charge on any atom is 0.192 e. The number of rotatable bonds is 1. The van der Waals surface area contributed by atoms with Crippen molar-refractivity contribution in [3.8, 4) is 5.75 Å². The van der Waals surface area contributed by atoms with Gasteiger partial charge in [0.2, 0.25) is 0 Å². The maximum atomic E-state index is 4.88. The summed E-state index contributed by atoms with van der Waals surface area (Å²) in [6.45, 7) is 4.00. The first-order chi connectivity index (χ1) is 4.93. The molecule has 56 valence electrons. The van der Waals surface area contributed by atoms with E-state index in [0.29, 0.717) is 0 Å². The number of halogens is 1. The maximum absolute atomic E-state index is 4.88. The second-order valence-corrected chi connectivity index (χ2v) is 1.83. The quantitative estimate of drug-likeness (QED) is 0.693. The van der Waals surface area contributed by atoms with Crippen LogP contribution in [-0.2, 0) is 0 Å². The molecule has 1 aromatic carbocycles. The summed E-state index contributed by atoms with van der Waals surface area (Å²) in [7, 11) is 0. The Morgan fingerprint density at radius 2 is 1.60 bits per heavy atom. The van der Waals surface area contributed by atoms with Crippen LogP contribution < -0.4 is 3.07 Å². The Kier molecular flexibility index (Phi) is 6.69. The van der Waals surface area contributed by atoms with E-state index in [1.165, 1.54) is 0 Å². The minimum atomic E-state index is 0.896. The first kappa shape index (κ1) is 9.75. The summed E-state index contributed by atoms with van der Waals surface area (Å²) in [6.07, 6.45) is 0. The van der Waals surface area contributed by atoms with Crippen LogP contribution in [0.25, 0.3) is 0 Å². The molecule has 0 heterocycles. The first-order valence-corrected chi connectivity index (χ1v) is 4.15. The van der Waals surface area contributed by atoms with E-state index < -0.39 is 0 Å². The largest absolute Gasteiger partial charge is 0.428 e. The van der Waals surface area contributed by atoms with Crippen LogP contribution >= 0.6 is 23.0 Å². The van der Waals surface area contributed by atoms with Gasteiger partial charge in [-0.1, -0.05) is 32.0 Å². The highest BCUT2D eigenvalue weighted by Gasteiger charge is 1.82. The van der Waals surface area contributed by atoms with Crippen LogP contribution in [0.1, 0.15) is 13.8 Å². The van der Waals surface area contributed by atoms with Crippen LogP contribution in [0.4, 0.5) is 0 Å². The van der Waals surface area contributed by atoms with Crippen molar-refractivity contribution < 1.29 is 3.07 Å². The molecule has 1 rings (SSSR count). The lowest BCUT2D eigenvalue weighted by Gasteiger charge is -1.90. The van der Waals surface area contributed by atoms with Crippen molar-refractivity contribution >= 4 is 23.0 Å². The average molecular weight is 250 g/mol. The molecule has 0 saturated heterocycles. The molecular formula is C8H11IO. The normalized spacial score (nSPS) is 7.50. The predicted molar refractivity (Wildman–Crippen MR) is 52.4 cm³/mol. The molecule has 0 aromatic heterocycles. The number of para-hydroxylation sites is 1. The number of benzene rings is 1. The van der Waals surface area contributed by atoms with E-state index in [0.717, 1.165) is 5.75 Å². The van der Waals surface area contributed by atoms with Crippen LogP contribution in [0.5, 0.6) is 5.75 Å². The summed E-state index contributed by atoms with van der Waals surface area (Å²) in [5.74, 6) is 0.896. The summed E-state index contributed by atoms with van der Waals surface area (Å²) >= 11 is 1.85. The van der Waals surface area contributed by atoms with E-state index in [-0.39, 0.29) is 0 Å². The molecule has 0 saturated carbocycles. The lowest BCUT2D eigenvalue weighted by Crippen LogP contribution is -1.68. The van der Waals surface area contributed by atoms with Gasteiger partial charge in [-0.2, -0.15) is 0 Å². The fourth-order valence-corrected chi connectivity index (χ4v) is 0.766. The van der Waals surface area contributed by atoms with Gasteiger partial charge in [-0.3, -0.25) is 0 Å². The molecule has 0 spiro atoms. The summed E-state index contributed by atoms with van der Waals surface area (Å²) in [5, 5.41) is 0. The van der Waals surface area contributed by atoms with Crippen LogP contribution in [0.3, 0.4) is 0 Å². The molecule has 0 amide bonds. The van der Waals surface area contributed by atoms with Gasteiger partial charge in [-0.05, 0) is 12.1 Å². The Morgan fingerprint density at radius 3 is 1.90 bits per heavy atom. The molecule has 0 unspecified atom stereocenters. The van der Waals surface area contributed by atoms with Crippen LogP contribution in [0, 0.1) is 0 Å². The fraction of sp³-hybridized carbons (Fsp3) is 0.250. The standard InChI is InChI=1S/C6H5IO.C2H6/c7-8-6-4-2-1-3-5-6;1-2/h1-5H;1-2H3. The van der Waals surface area contributed by atoms with Crippen LogP contribution in [0.15, 0.2) is 30.3 Å². The summed E-state index contributed by atoms with van der Waals surface area (Å²) < 4.78 is 4.88. The Hall–Kier alpha value is -0.250. The zero-order chi connectivity index (χ0) is 7.82. The Balaban J connectivity index is 0.000000371. The molecule has 0 N–H and O–H groups in total. The fourth-order valence-electron chi connectivity index (χ4n) is 0.472. The molecule has 0 fully saturated rings. The highest BCUT2D eigenvalue weighted by Crippen LogP contribution is 2.10. The van der Waals surface area contributed by atoms with Gasteiger partial charge >= 0.3 is 0 Å². The van der Waals surface area contributed by atoms with Crippen molar-refractivity contribution in [2.75, 3.05) is 0 Å². The third-order valence-corrected chi connectivity index (χ3v) is 1.34. The van der Waals surface area contributed by atoms with Gasteiger partial charge in [0.1, 0.15) is 5.75 Å². The average Bonchev–Trinajstić information content (AvgIpc) is 2.10. The molecule has 0 bridgehead atoms. The van der Waals surface area contributed by atoms with Crippen LogP contribution in [0.2, 0.25) is 0 Å². The summed E-state index contributed by atoms with van der Waals surface area (Å²) in [5.41, 5.74) is 0. The van der Waals surface area contributed by atoms with E-state index in [4.69, 9.17) is 3.07 Å². The molecule has 0 aliphatic rings. The van der Waals surface area contributed by atoms with E-state index in [9.17, 15) is 0 Å². The van der Waals surface area contributed by atoms with Gasteiger partial charge in [0, 0.05) is 0 Å². The number of hydrogen-bond donors (Lipinski definition) is 0. The van der Waals surface area contributed by atoms with Crippen molar-refractivity contribution in [3.05, 3.63) is 30.3 Å². The van der Waals surface area contributed by atoms with Crippen molar-refractivity contribution in [2.45, 2.75) is 13.8 Å². The van der Waals surface area contributed by atoms with E-state index in [2.05, 4.69) is 0 Å². The summed E-state index contributed by atoms with van der Waals surface area (Å²) in [4.78, 5) is 0. The Bertz CT molecular complexity index is 151. The monoisotopic (exact) mass is 250 g/mol. The Morgan fingerprint density at radius 1 is 1.10 bits per heavy atom. The smallest absolute Gasteiger partial charge is 0.192 e. The zero-order valence-corrected chi connectivity index (χ0v) is 8.33. The molecule has 0 radical (unpaired) electrons.